The molecule has 0 spiro atoms. The summed E-state index contributed by atoms with van der Waals surface area (Å²) >= 11 is 0. The van der Waals surface area contributed by atoms with Gasteiger partial charge in [-0.2, -0.15) is 10.2 Å². The van der Waals surface area contributed by atoms with E-state index in [2.05, 4.69) is 30.4 Å². The summed E-state index contributed by atoms with van der Waals surface area (Å²) in [6.07, 6.45) is 5.20. The van der Waals surface area contributed by atoms with E-state index in [-0.39, 0.29) is 5.82 Å². The number of ether oxygens (including phenoxy) is 1. The van der Waals surface area contributed by atoms with Crippen molar-refractivity contribution in [3.05, 3.63) is 66.9 Å². The van der Waals surface area contributed by atoms with Gasteiger partial charge in [0.25, 0.3) is 0 Å². The van der Waals surface area contributed by atoms with Gasteiger partial charge in [-0.3, -0.25) is 10.2 Å². The van der Waals surface area contributed by atoms with Crippen LogP contribution in [0.3, 0.4) is 0 Å². The molecular weight excluding hydrogens is 409 g/mol. The number of methoxy groups -OCH3 is 1. The van der Waals surface area contributed by atoms with Gasteiger partial charge in [0.1, 0.15) is 28.4 Å². The molecule has 8 nitrogen and oxygen atoms in total. The number of rotatable bonds is 4. The first-order valence-corrected chi connectivity index (χ1v) is 9.87. The Morgan fingerprint density at radius 3 is 2.81 bits per heavy atom. The number of hydrogen-bond acceptors (Lipinski definition) is 5. The van der Waals surface area contributed by atoms with Crippen LogP contribution in [0.2, 0.25) is 0 Å². The van der Waals surface area contributed by atoms with E-state index in [0.717, 1.165) is 38.9 Å². The number of H-pyrrole nitrogens is 3. The molecule has 156 valence electrons. The van der Waals surface area contributed by atoms with E-state index >= 15 is 0 Å². The number of benzene rings is 1. The fourth-order valence-corrected chi connectivity index (χ4v) is 3.88. The Balaban J connectivity index is 1.51. The zero-order valence-corrected chi connectivity index (χ0v) is 16.8. The first kappa shape index (κ1) is 18.3. The third-order valence-corrected chi connectivity index (χ3v) is 5.41. The van der Waals surface area contributed by atoms with Crippen molar-refractivity contribution in [2.45, 2.75) is 0 Å². The average molecular weight is 425 g/mol. The van der Waals surface area contributed by atoms with Gasteiger partial charge in [0.15, 0.2) is 0 Å². The highest BCUT2D eigenvalue weighted by atomic mass is 19.1. The largest absolute Gasteiger partial charge is 0.497 e. The SMILES string of the molecule is COc1cc(F)cc(-c2ccnc3[nH]c(-c4n[nH]c5ccc(-c6cn[nH]c6)nc45)cc23)c1. The zero-order valence-electron chi connectivity index (χ0n) is 16.8. The smallest absolute Gasteiger partial charge is 0.138 e. The van der Waals surface area contributed by atoms with E-state index in [1.807, 2.05) is 24.3 Å². The molecule has 5 heterocycles. The van der Waals surface area contributed by atoms with E-state index in [9.17, 15) is 4.39 Å². The fraction of sp³-hybridized carbons (Fsp3) is 0.0435. The summed E-state index contributed by atoms with van der Waals surface area (Å²) in [7, 11) is 1.52. The fourth-order valence-electron chi connectivity index (χ4n) is 3.88. The van der Waals surface area contributed by atoms with Crippen LogP contribution in [0.5, 0.6) is 5.75 Å². The van der Waals surface area contributed by atoms with E-state index in [4.69, 9.17) is 9.72 Å². The first-order chi connectivity index (χ1) is 15.7. The highest BCUT2D eigenvalue weighted by Gasteiger charge is 2.16. The number of pyridine rings is 2. The second-order valence-electron chi connectivity index (χ2n) is 7.34. The molecule has 6 rings (SSSR count). The molecule has 0 unspecified atom stereocenters. The van der Waals surface area contributed by atoms with Crippen molar-refractivity contribution in [2.24, 2.45) is 0 Å². The van der Waals surface area contributed by atoms with Gasteiger partial charge >= 0.3 is 0 Å². The predicted molar refractivity (Wildman–Crippen MR) is 119 cm³/mol. The van der Waals surface area contributed by atoms with Gasteiger partial charge in [-0.05, 0) is 47.5 Å². The number of hydrogen-bond donors (Lipinski definition) is 3. The van der Waals surface area contributed by atoms with Gasteiger partial charge in [0.05, 0.1) is 30.2 Å². The maximum absolute atomic E-state index is 14.1. The minimum Gasteiger partial charge on any atom is -0.497 e. The van der Waals surface area contributed by atoms with Gasteiger partial charge < -0.3 is 9.72 Å². The summed E-state index contributed by atoms with van der Waals surface area (Å²) in [6.45, 7) is 0. The Hall–Kier alpha value is -4.53. The van der Waals surface area contributed by atoms with Crippen molar-refractivity contribution < 1.29 is 9.13 Å². The summed E-state index contributed by atoms with van der Waals surface area (Å²) in [6, 6.07) is 12.3. The van der Waals surface area contributed by atoms with Crippen molar-refractivity contribution in [1.82, 2.24) is 35.3 Å². The normalized spacial score (nSPS) is 11.4. The number of aromatic amines is 3. The van der Waals surface area contributed by atoms with Crippen LogP contribution in [0.15, 0.2) is 61.1 Å². The number of nitrogens with one attached hydrogen (secondary N) is 3. The Morgan fingerprint density at radius 1 is 1.03 bits per heavy atom. The lowest BCUT2D eigenvalue weighted by atomic mass is 10.0. The van der Waals surface area contributed by atoms with E-state index in [1.165, 1.54) is 19.2 Å². The first-order valence-electron chi connectivity index (χ1n) is 9.87. The van der Waals surface area contributed by atoms with Crippen LogP contribution in [0.1, 0.15) is 0 Å². The Labute approximate surface area is 180 Å². The molecule has 3 N–H and O–H groups in total. The summed E-state index contributed by atoms with van der Waals surface area (Å²) in [5.74, 6) is 0.0873. The summed E-state index contributed by atoms with van der Waals surface area (Å²) in [4.78, 5) is 12.5. The lowest BCUT2D eigenvalue weighted by Gasteiger charge is -2.06. The molecule has 0 saturated carbocycles. The topological polar surface area (TPSA) is 108 Å². The van der Waals surface area contributed by atoms with Crippen LogP contribution in [-0.2, 0) is 0 Å². The Bertz CT molecular complexity index is 1580. The molecule has 0 atom stereocenters. The van der Waals surface area contributed by atoms with E-state index in [1.54, 1.807) is 24.7 Å². The molecule has 9 heteroatoms. The Morgan fingerprint density at radius 2 is 1.97 bits per heavy atom. The highest BCUT2D eigenvalue weighted by molar-refractivity contribution is 5.99. The van der Waals surface area contributed by atoms with Crippen LogP contribution in [0, 0.1) is 5.82 Å². The third kappa shape index (κ3) is 2.90. The van der Waals surface area contributed by atoms with Crippen LogP contribution in [0.4, 0.5) is 4.39 Å². The molecule has 0 aliphatic heterocycles. The number of nitrogens with zero attached hydrogens (tertiary/aromatic N) is 4. The second kappa shape index (κ2) is 7.02. The summed E-state index contributed by atoms with van der Waals surface area (Å²) in [5.41, 5.74) is 6.85. The molecule has 0 amide bonds. The Kier molecular flexibility index (Phi) is 4.00. The minimum absolute atomic E-state index is 0.366. The minimum atomic E-state index is -0.366. The highest BCUT2D eigenvalue weighted by Crippen LogP contribution is 2.34. The van der Waals surface area contributed by atoms with Crippen molar-refractivity contribution in [3.8, 4) is 39.5 Å². The molecular formula is C23H16FN7O. The van der Waals surface area contributed by atoms with Crippen LogP contribution < -0.4 is 4.74 Å². The van der Waals surface area contributed by atoms with Gasteiger partial charge in [0.2, 0.25) is 0 Å². The molecule has 0 bridgehead atoms. The molecule has 5 aromatic heterocycles. The zero-order chi connectivity index (χ0) is 21.7. The lowest BCUT2D eigenvalue weighted by molar-refractivity contribution is 0.411. The molecule has 0 aliphatic rings. The van der Waals surface area contributed by atoms with Gasteiger partial charge in [0, 0.05) is 29.4 Å². The van der Waals surface area contributed by atoms with E-state index in [0.29, 0.717) is 22.7 Å². The van der Waals surface area contributed by atoms with Crippen molar-refractivity contribution in [2.75, 3.05) is 7.11 Å². The van der Waals surface area contributed by atoms with Crippen LogP contribution in [-0.4, -0.2) is 42.5 Å². The molecule has 0 saturated heterocycles. The lowest BCUT2D eigenvalue weighted by Crippen LogP contribution is -1.88. The van der Waals surface area contributed by atoms with Crippen LogP contribution in [0.25, 0.3) is 55.8 Å². The molecule has 0 fully saturated rings. The van der Waals surface area contributed by atoms with Gasteiger partial charge in [-0.25, -0.2) is 14.4 Å². The maximum atomic E-state index is 14.1. The molecule has 32 heavy (non-hydrogen) atoms. The van der Waals surface area contributed by atoms with Crippen LogP contribution >= 0.6 is 0 Å². The summed E-state index contributed by atoms with van der Waals surface area (Å²) in [5, 5.41) is 15.2. The van der Waals surface area contributed by atoms with Crippen molar-refractivity contribution in [1.29, 1.82) is 0 Å². The number of fused-ring (bicyclic) bond motifs is 2. The van der Waals surface area contributed by atoms with Crippen molar-refractivity contribution in [3.63, 3.8) is 0 Å². The second-order valence-corrected chi connectivity index (χ2v) is 7.34. The monoisotopic (exact) mass is 425 g/mol. The quantitative estimate of drug-likeness (QED) is 0.379. The molecule has 1 aromatic carbocycles. The standard InChI is InChI=1S/C23H16FN7O/c1-32-15-7-12(6-14(24)8-15)16-4-5-25-23-17(16)9-20(29-23)22-21-19(30-31-22)3-2-18(28-21)13-10-26-27-11-13/h2-11H,1H3,(H,25,29)(H,26,27)(H,30,31). The third-order valence-electron chi connectivity index (χ3n) is 5.41. The maximum Gasteiger partial charge on any atom is 0.138 e. The predicted octanol–water partition coefficient (Wildman–Crippen LogP) is 4.71. The molecule has 6 aromatic rings. The van der Waals surface area contributed by atoms with Gasteiger partial charge in [-0.15, -0.1) is 0 Å². The molecule has 0 radical (unpaired) electrons. The van der Waals surface area contributed by atoms with Gasteiger partial charge in [-0.1, -0.05) is 0 Å². The van der Waals surface area contributed by atoms with Crippen molar-refractivity contribution >= 4 is 22.1 Å². The van der Waals surface area contributed by atoms with E-state index < -0.39 is 0 Å². The molecule has 0 aliphatic carbocycles. The number of aromatic nitrogens is 7. The average Bonchev–Trinajstić information content (AvgIpc) is 3.56. The number of halogens is 1. The summed E-state index contributed by atoms with van der Waals surface area (Å²) < 4.78 is 19.4.